The molecule has 2 N–H and O–H groups in total. The number of hydrogen-bond donors (Lipinski definition) is 2. The monoisotopic (exact) mass is 368 g/mol. The largest absolute Gasteiger partial charge is 0.377 e. The van der Waals surface area contributed by atoms with E-state index in [4.69, 9.17) is 4.74 Å². The molecule has 0 aromatic carbocycles. The van der Waals surface area contributed by atoms with Crippen LogP contribution in [0.15, 0.2) is 4.99 Å². The highest BCUT2D eigenvalue weighted by molar-refractivity contribution is 5.79. The Morgan fingerprint density at radius 1 is 1.08 bits per heavy atom. The number of aliphatic imine (C=N–C) groups is 1. The Labute approximate surface area is 162 Å². The molecule has 1 saturated heterocycles. The van der Waals surface area contributed by atoms with Gasteiger partial charge in [0.1, 0.15) is 0 Å². The molecule has 0 amide bonds. The van der Waals surface area contributed by atoms with Crippen LogP contribution in [0, 0.1) is 11.3 Å². The van der Waals surface area contributed by atoms with E-state index in [9.17, 15) is 0 Å². The minimum absolute atomic E-state index is 0.191. The number of rotatable bonds is 10. The van der Waals surface area contributed by atoms with Gasteiger partial charge in [0.05, 0.1) is 6.10 Å². The fraction of sp³-hybridized carbons (Fsp3) is 0.952. The van der Waals surface area contributed by atoms with Gasteiger partial charge >= 0.3 is 0 Å². The Morgan fingerprint density at radius 2 is 1.77 bits per heavy atom. The lowest BCUT2D eigenvalue weighted by molar-refractivity contribution is -0.0835. The lowest BCUT2D eigenvalue weighted by Crippen LogP contribution is -2.47. The summed E-state index contributed by atoms with van der Waals surface area (Å²) in [5, 5.41) is 6.98. The number of nitrogens with zero attached hydrogens (tertiary/aromatic N) is 2. The molecule has 5 heteroatoms. The quantitative estimate of drug-likeness (QED) is 0.352. The van der Waals surface area contributed by atoms with E-state index in [1.807, 2.05) is 7.05 Å². The van der Waals surface area contributed by atoms with Crippen LogP contribution in [0.5, 0.6) is 0 Å². The van der Waals surface area contributed by atoms with Gasteiger partial charge in [0, 0.05) is 32.7 Å². The molecule has 1 aliphatic rings. The first-order valence-electron chi connectivity index (χ1n) is 10.6. The van der Waals surface area contributed by atoms with Crippen LogP contribution in [0.2, 0.25) is 0 Å². The Balaban J connectivity index is 2.18. The Kier molecular flexibility index (Phi) is 11.2. The van der Waals surface area contributed by atoms with E-state index in [1.54, 1.807) is 0 Å². The third-order valence-corrected chi connectivity index (χ3v) is 5.13. The first-order chi connectivity index (χ1) is 12.3. The van der Waals surface area contributed by atoms with Crippen molar-refractivity contribution in [2.75, 3.05) is 47.4 Å². The van der Waals surface area contributed by atoms with Gasteiger partial charge in [-0.05, 0) is 51.7 Å². The summed E-state index contributed by atoms with van der Waals surface area (Å²) in [4.78, 5) is 6.64. The standard InChI is InChI=1S/C21H44N4O/c1-21(2,3)19-18(13-12-16-26-19)17-24-20(22-4)23-14-10-8-7-9-11-15-25(5)6/h18-19H,7-17H2,1-6H3,(H2,22,23,24). The molecule has 154 valence electrons. The molecule has 5 nitrogen and oxygen atoms in total. The van der Waals surface area contributed by atoms with Crippen LogP contribution >= 0.6 is 0 Å². The average Bonchev–Trinajstić information content (AvgIpc) is 2.59. The van der Waals surface area contributed by atoms with Crippen molar-refractivity contribution in [3.63, 3.8) is 0 Å². The van der Waals surface area contributed by atoms with Gasteiger partial charge in [-0.25, -0.2) is 0 Å². The summed E-state index contributed by atoms with van der Waals surface area (Å²) in [6.45, 7) is 10.9. The van der Waals surface area contributed by atoms with Crippen molar-refractivity contribution in [2.24, 2.45) is 16.3 Å². The third-order valence-electron chi connectivity index (χ3n) is 5.13. The zero-order chi connectivity index (χ0) is 19.4. The van der Waals surface area contributed by atoms with E-state index in [0.29, 0.717) is 12.0 Å². The molecule has 2 atom stereocenters. The van der Waals surface area contributed by atoms with Gasteiger partial charge in [-0.15, -0.1) is 0 Å². The van der Waals surface area contributed by atoms with Gasteiger partial charge in [0.2, 0.25) is 0 Å². The van der Waals surface area contributed by atoms with E-state index in [2.05, 4.69) is 55.4 Å². The van der Waals surface area contributed by atoms with E-state index in [0.717, 1.165) is 25.7 Å². The van der Waals surface area contributed by atoms with Crippen molar-refractivity contribution < 1.29 is 4.74 Å². The molecule has 1 heterocycles. The lowest BCUT2D eigenvalue weighted by Gasteiger charge is -2.40. The Hall–Kier alpha value is -0.810. The summed E-state index contributed by atoms with van der Waals surface area (Å²) in [6, 6.07) is 0. The van der Waals surface area contributed by atoms with Crippen molar-refractivity contribution in [2.45, 2.75) is 71.8 Å². The second-order valence-corrected chi connectivity index (χ2v) is 9.01. The zero-order valence-corrected chi connectivity index (χ0v) is 18.2. The normalized spacial score (nSPS) is 21.9. The zero-order valence-electron chi connectivity index (χ0n) is 18.2. The van der Waals surface area contributed by atoms with Crippen LogP contribution in [0.1, 0.15) is 65.7 Å². The third kappa shape index (κ3) is 9.77. The maximum Gasteiger partial charge on any atom is 0.190 e. The summed E-state index contributed by atoms with van der Waals surface area (Å²) in [7, 11) is 6.15. The number of unbranched alkanes of at least 4 members (excludes halogenated alkanes) is 4. The molecule has 0 saturated carbocycles. The first kappa shape index (κ1) is 23.2. The van der Waals surface area contributed by atoms with Crippen LogP contribution in [0.3, 0.4) is 0 Å². The number of ether oxygens (including phenoxy) is 1. The fourth-order valence-electron chi connectivity index (χ4n) is 3.75. The average molecular weight is 369 g/mol. The van der Waals surface area contributed by atoms with Gasteiger partial charge in [-0.2, -0.15) is 0 Å². The number of hydrogen-bond acceptors (Lipinski definition) is 3. The topological polar surface area (TPSA) is 48.9 Å². The molecule has 0 bridgehead atoms. The highest BCUT2D eigenvalue weighted by Crippen LogP contribution is 2.33. The minimum atomic E-state index is 0.191. The molecule has 0 radical (unpaired) electrons. The summed E-state index contributed by atoms with van der Waals surface area (Å²) in [5.74, 6) is 1.48. The van der Waals surface area contributed by atoms with E-state index in [-0.39, 0.29) is 5.41 Å². The van der Waals surface area contributed by atoms with Crippen LogP contribution in [-0.4, -0.2) is 64.3 Å². The van der Waals surface area contributed by atoms with E-state index < -0.39 is 0 Å². The van der Waals surface area contributed by atoms with Crippen molar-refractivity contribution in [3.8, 4) is 0 Å². The van der Waals surface area contributed by atoms with Gasteiger partial charge in [0.25, 0.3) is 0 Å². The lowest BCUT2D eigenvalue weighted by atomic mass is 9.78. The van der Waals surface area contributed by atoms with Crippen molar-refractivity contribution in [1.29, 1.82) is 0 Å². The van der Waals surface area contributed by atoms with Crippen LogP contribution in [-0.2, 0) is 4.74 Å². The molecule has 0 spiro atoms. The van der Waals surface area contributed by atoms with Gasteiger partial charge < -0.3 is 20.3 Å². The van der Waals surface area contributed by atoms with Crippen LogP contribution in [0.25, 0.3) is 0 Å². The number of guanidine groups is 1. The van der Waals surface area contributed by atoms with Gasteiger partial charge in [0.15, 0.2) is 5.96 Å². The minimum Gasteiger partial charge on any atom is -0.377 e. The molecule has 0 aliphatic carbocycles. The Morgan fingerprint density at radius 3 is 2.42 bits per heavy atom. The fourth-order valence-corrected chi connectivity index (χ4v) is 3.75. The molecule has 26 heavy (non-hydrogen) atoms. The van der Waals surface area contributed by atoms with Gasteiger partial charge in [-0.1, -0.05) is 40.0 Å². The number of nitrogens with one attached hydrogen (secondary N) is 2. The second-order valence-electron chi connectivity index (χ2n) is 9.01. The molecular formula is C21H44N4O. The highest BCUT2D eigenvalue weighted by Gasteiger charge is 2.35. The molecule has 1 fully saturated rings. The maximum atomic E-state index is 6.08. The molecule has 1 aliphatic heterocycles. The smallest absolute Gasteiger partial charge is 0.190 e. The molecule has 1 rings (SSSR count). The van der Waals surface area contributed by atoms with Crippen molar-refractivity contribution in [3.05, 3.63) is 0 Å². The predicted octanol–water partition coefficient (Wildman–Crippen LogP) is 3.50. The summed E-state index contributed by atoms with van der Waals surface area (Å²) >= 11 is 0. The van der Waals surface area contributed by atoms with E-state index in [1.165, 1.54) is 51.5 Å². The summed E-state index contributed by atoms with van der Waals surface area (Å²) in [5.41, 5.74) is 0.191. The molecule has 2 unspecified atom stereocenters. The second kappa shape index (κ2) is 12.6. The predicted molar refractivity (Wildman–Crippen MR) is 113 cm³/mol. The van der Waals surface area contributed by atoms with E-state index >= 15 is 0 Å². The van der Waals surface area contributed by atoms with Gasteiger partial charge in [-0.3, -0.25) is 4.99 Å². The molecule has 0 aromatic rings. The highest BCUT2D eigenvalue weighted by atomic mass is 16.5. The SMILES string of the molecule is CN=C(NCCCCCCCN(C)C)NCC1CCCOC1C(C)(C)C. The first-order valence-corrected chi connectivity index (χ1v) is 10.6. The molecule has 0 aromatic heterocycles. The van der Waals surface area contributed by atoms with Crippen molar-refractivity contribution in [1.82, 2.24) is 15.5 Å². The van der Waals surface area contributed by atoms with Crippen LogP contribution < -0.4 is 10.6 Å². The maximum absolute atomic E-state index is 6.08. The summed E-state index contributed by atoms with van der Waals surface area (Å²) < 4.78 is 6.08. The molecular weight excluding hydrogens is 324 g/mol. The summed E-state index contributed by atoms with van der Waals surface area (Å²) in [6.07, 6.45) is 9.19. The Bertz CT molecular complexity index is 390. The van der Waals surface area contributed by atoms with Crippen molar-refractivity contribution >= 4 is 5.96 Å². The van der Waals surface area contributed by atoms with Crippen LogP contribution in [0.4, 0.5) is 0 Å².